The van der Waals surface area contributed by atoms with Crippen molar-refractivity contribution in [3.63, 3.8) is 0 Å². The number of aryl methyl sites for hydroxylation is 1. The van der Waals surface area contributed by atoms with Crippen LogP contribution in [-0.4, -0.2) is 25.8 Å². The molecule has 4 aromatic carbocycles. The molecule has 1 aliphatic carbocycles. The van der Waals surface area contributed by atoms with Gasteiger partial charge in [-0.25, -0.2) is 9.67 Å². The van der Waals surface area contributed by atoms with Crippen molar-refractivity contribution in [3.8, 4) is 27.9 Å². The third kappa shape index (κ3) is 4.17. The van der Waals surface area contributed by atoms with E-state index in [1.54, 1.807) is 24.9 Å². The summed E-state index contributed by atoms with van der Waals surface area (Å²) in [6.07, 6.45) is 3.92. The molecule has 41 heavy (non-hydrogen) atoms. The lowest BCUT2D eigenvalue weighted by Gasteiger charge is -2.22. The Bertz CT molecular complexity index is 1810. The maximum absolute atomic E-state index is 13.4. The van der Waals surface area contributed by atoms with Gasteiger partial charge in [-0.2, -0.15) is 5.10 Å². The predicted octanol–water partition coefficient (Wildman–Crippen LogP) is 7.17. The first kappa shape index (κ1) is 25.7. The van der Waals surface area contributed by atoms with E-state index in [2.05, 4.69) is 70.0 Å². The number of halogens is 1. The van der Waals surface area contributed by atoms with Gasteiger partial charge in [0.2, 0.25) is 5.91 Å². The van der Waals surface area contributed by atoms with Gasteiger partial charge in [0.05, 0.1) is 21.7 Å². The summed E-state index contributed by atoms with van der Waals surface area (Å²) >= 11 is 6.78. The molecule has 1 amide bonds. The first-order chi connectivity index (χ1) is 19.6. The zero-order valence-electron chi connectivity index (χ0n) is 23.0. The van der Waals surface area contributed by atoms with Crippen LogP contribution in [0.15, 0.2) is 91.5 Å². The summed E-state index contributed by atoms with van der Waals surface area (Å²) in [5, 5.41) is 18.6. The number of rotatable bonds is 5. The fraction of sp³-hybridized carbons (Fsp3) is 0.206. The van der Waals surface area contributed by atoms with E-state index in [4.69, 9.17) is 11.6 Å². The van der Waals surface area contributed by atoms with E-state index in [-0.39, 0.29) is 11.8 Å². The van der Waals surface area contributed by atoms with Gasteiger partial charge in [-0.1, -0.05) is 66.2 Å². The van der Waals surface area contributed by atoms with Crippen molar-refractivity contribution in [1.29, 1.82) is 0 Å². The molecule has 7 rings (SSSR count). The van der Waals surface area contributed by atoms with Crippen molar-refractivity contribution in [1.82, 2.24) is 14.8 Å². The second-order valence-corrected chi connectivity index (χ2v) is 12.1. The SMILES string of the molecule is Cc1ccc(C2CC23C(=O)Nc2cc(Cl)c(-c4ccc(-c5ccc(-n6cncn6)cc5)cc4)cc23)cc1C(C)(C)O. The second kappa shape index (κ2) is 9.13. The number of hydrogen-bond donors (Lipinski definition) is 2. The van der Waals surface area contributed by atoms with Gasteiger partial charge in [-0.15, -0.1) is 0 Å². The van der Waals surface area contributed by atoms with E-state index < -0.39 is 11.0 Å². The van der Waals surface area contributed by atoms with Crippen LogP contribution in [-0.2, 0) is 15.8 Å². The highest BCUT2D eigenvalue weighted by atomic mass is 35.5. The zero-order chi connectivity index (χ0) is 28.5. The molecule has 1 spiro atoms. The number of carbonyl (C=O) groups excluding carboxylic acids is 1. The molecule has 1 aliphatic heterocycles. The largest absolute Gasteiger partial charge is 0.386 e. The van der Waals surface area contributed by atoms with E-state index in [1.807, 2.05) is 31.2 Å². The molecular weight excluding hydrogens is 532 g/mol. The molecule has 1 saturated carbocycles. The maximum Gasteiger partial charge on any atom is 0.235 e. The molecule has 204 valence electrons. The van der Waals surface area contributed by atoms with E-state index in [1.165, 1.54) is 6.33 Å². The van der Waals surface area contributed by atoms with Crippen LogP contribution in [0.3, 0.4) is 0 Å². The topological polar surface area (TPSA) is 80.0 Å². The van der Waals surface area contributed by atoms with Crippen molar-refractivity contribution in [2.75, 3.05) is 5.32 Å². The molecule has 2 N–H and O–H groups in total. The number of fused-ring (bicyclic) bond motifs is 2. The van der Waals surface area contributed by atoms with Crippen molar-refractivity contribution in [2.45, 2.75) is 44.1 Å². The van der Waals surface area contributed by atoms with Crippen molar-refractivity contribution in [3.05, 3.63) is 119 Å². The average molecular weight is 561 g/mol. The highest BCUT2D eigenvalue weighted by Crippen LogP contribution is 2.65. The van der Waals surface area contributed by atoms with Gasteiger partial charge in [0, 0.05) is 17.2 Å². The van der Waals surface area contributed by atoms with Crippen LogP contribution in [0.25, 0.3) is 27.9 Å². The summed E-state index contributed by atoms with van der Waals surface area (Å²) < 4.78 is 1.73. The van der Waals surface area contributed by atoms with Gasteiger partial charge in [0.15, 0.2) is 0 Å². The third-order valence-corrected chi connectivity index (χ3v) is 8.92. The lowest BCUT2D eigenvalue weighted by atomic mass is 9.87. The molecule has 2 atom stereocenters. The molecule has 2 aliphatic rings. The van der Waals surface area contributed by atoms with Crippen LogP contribution in [0.2, 0.25) is 5.02 Å². The monoisotopic (exact) mass is 560 g/mol. The summed E-state index contributed by atoms with van der Waals surface area (Å²) in [6, 6.07) is 26.7. The normalized spacial score (nSPS) is 19.3. The Labute approximate surface area is 243 Å². The van der Waals surface area contributed by atoms with Crippen molar-refractivity contribution < 1.29 is 9.90 Å². The van der Waals surface area contributed by atoms with Crippen LogP contribution in [0.1, 0.15) is 48.4 Å². The number of nitrogens with zero attached hydrogens (tertiary/aromatic N) is 3. The van der Waals surface area contributed by atoms with Gasteiger partial charge >= 0.3 is 0 Å². The quantitative estimate of drug-likeness (QED) is 0.239. The minimum absolute atomic E-state index is 0.0146. The molecule has 7 heteroatoms. The second-order valence-electron chi connectivity index (χ2n) is 11.7. The number of nitrogens with one attached hydrogen (secondary N) is 1. The Morgan fingerprint density at radius 2 is 1.66 bits per heavy atom. The summed E-state index contributed by atoms with van der Waals surface area (Å²) in [7, 11) is 0. The molecule has 0 radical (unpaired) electrons. The van der Waals surface area contributed by atoms with Crippen LogP contribution < -0.4 is 5.32 Å². The Morgan fingerprint density at radius 1 is 0.976 bits per heavy atom. The van der Waals surface area contributed by atoms with Crippen LogP contribution >= 0.6 is 11.6 Å². The Kier molecular flexibility index (Phi) is 5.72. The standard InChI is InChI=1S/C34H29ClN4O2/c1-20-4-5-24(14-27(20)33(2,3)41)29-17-34(29)28-15-26(30(35)16-31(28)38-32(34)40)23-8-6-21(7-9-23)22-10-12-25(13-11-22)39-19-36-18-37-39/h4-16,18-19,29,41H,17H2,1-3H3,(H,38,40). The summed E-state index contributed by atoms with van der Waals surface area (Å²) in [6.45, 7) is 5.60. The number of aliphatic hydroxyl groups is 1. The fourth-order valence-corrected chi connectivity index (χ4v) is 6.62. The highest BCUT2D eigenvalue weighted by Gasteiger charge is 2.65. The van der Waals surface area contributed by atoms with E-state index in [0.717, 1.165) is 62.3 Å². The third-order valence-electron chi connectivity index (χ3n) is 8.61. The highest BCUT2D eigenvalue weighted by molar-refractivity contribution is 6.34. The van der Waals surface area contributed by atoms with Gasteiger partial charge in [-0.3, -0.25) is 4.79 Å². The maximum atomic E-state index is 13.4. The minimum atomic E-state index is -0.954. The first-order valence-corrected chi connectivity index (χ1v) is 14.1. The molecule has 0 bridgehead atoms. The lowest BCUT2D eigenvalue weighted by molar-refractivity contribution is -0.118. The number of carbonyl (C=O) groups is 1. The van der Waals surface area contributed by atoms with Crippen LogP contribution in [0, 0.1) is 6.92 Å². The Morgan fingerprint density at radius 3 is 2.32 bits per heavy atom. The Balaban J connectivity index is 1.20. The molecular formula is C34H29ClN4O2. The van der Waals surface area contributed by atoms with Gasteiger partial charge in [-0.05, 0) is 90.4 Å². The fourth-order valence-electron chi connectivity index (χ4n) is 6.34. The summed E-state index contributed by atoms with van der Waals surface area (Å²) in [5.74, 6) is 0.0585. The smallest absolute Gasteiger partial charge is 0.235 e. The molecule has 2 heterocycles. The zero-order valence-corrected chi connectivity index (χ0v) is 23.8. The van der Waals surface area contributed by atoms with E-state index in [0.29, 0.717) is 5.02 Å². The summed E-state index contributed by atoms with van der Waals surface area (Å²) in [5.41, 5.74) is 8.24. The number of anilines is 1. The van der Waals surface area contributed by atoms with Crippen LogP contribution in [0.4, 0.5) is 5.69 Å². The summed E-state index contributed by atoms with van der Waals surface area (Å²) in [4.78, 5) is 17.4. The van der Waals surface area contributed by atoms with Crippen molar-refractivity contribution >= 4 is 23.2 Å². The van der Waals surface area contributed by atoms with E-state index >= 15 is 0 Å². The molecule has 0 saturated heterocycles. The molecule has 5 aromatic rings. The lowest BCUT2D eigenvalue weighted by Crippen LogP contribution is -2.21. The predicted molar refractivity (Wildman–Crippen MR) is 161 cm³/mol. The average Bonchev–Trinajstić information content (AvgIpc) is 3.34. The van der Waals surface area contributed by atoms with Gasteiger partial charge < -0.3 is 10.4 Å². The number of hydrogen-bond acceptors (Lipinski definition) is 4. The first-order valence-electron chi connectivity index (χ1n) is 13.7. The number of benzene rings is 4. The van der Waals surface area contributed by atoms with Gasteiger partial charge in [0.25, 0.3) is 0 Å². The Hall–Kier alpha value is -4.26. The molecule has 6 nitrogen and oxygen atoms in total. The number of amides is 1. The molecule has 1 fully saturated rings. The van der Waals surface area contributed by atoms with Crippen molar-refractivity contribution in [2.24, 2.45) is 0 Å². The minimum Gasteiger partial charge on any atom is -0.386 e. The van der Waals surface area contributed by atoms with Gasteiger partial charge in [0.1, 0.15) is 12.7 Å². The molecule has 1 aromatic heterocycles. The number of aromatic nitrogens is 3. The molecule has 2 unspecified atom stereocenters. The van der Waals surface area contributed by atoms with Crippen LogP contribution in [0.5, 0.6) is 0 Å². The van der Waals surface area contributed by atoms with E-state index in [9.17, 15) is 9.90 Å².